The van der Waals surface area contributed by atoms with E-state index >= 15 is 0 Å². The van der Waals surface area contributed by atoms with Gasteiger partial charge < -0.3 is 10.1 Å². The SMILES string of the molecule is CC1(C)Cc2cc(CNCc3ccc(-n4cccn4)cc3)ccc2O1. The molecule has 4 heteroatoms. The summed E-state index contributed by atoms with van der Waals surface area (Å²) in [5, 5.41) is 7.77. The molecule has 25 heavy (non-hydrogen) atoms. The molecule has 0 bridgehead atoms. The lowest BCUT2D eigenvalue weighted by atomic mass is 10.0. The van der Waals surface area contributed by atoms with Crippen molar-refractivity contribution in [1.29, 1.82) is 0 Å². The Morgan fingerprint density at radius 3 is 2.60 bits per heavy atom. The van der Waals surface area contributed by atoms with Gasteiger partial charge in [0.1, 0.15) is 11.4 Å². The Hall–Kier alpha value is -2.59. The van der Waals surface area contributed by atoms with Gasteiger partial charge in [-0.25, -0.2) is 4.68 Å². The molecule has 2 heterocycles. The molecule has 1 aromatic heterocycles. The molecule has 1 N–H and O–H groups in total. The van der Waals surface area contributed by atoms with Gasteiger partial charge in [0.15, 0.2) is 0 Å². The number of fused-ring (bicyclic) bond motifs is 1. The number of hydrogen-bond acceptors (Lipinski definition) is 3. The Balaban J connectivity index is 1.34. The quantitative estimate of drug-likeness (QED) is 0.770. The molecule has 0 unspecified atom stereocenters. The van der Waals surface area contributed by atoms with Crippen molar-refractivity contribution in [3.63, 3.8) is 0 Å². The second-order valence-corrected chi connectivity index (χ2v) is 7.20. The van der Waals surface area contributed by atoms with Gasteiger partial charge in [-0.05, 0) is 54.8 Å². The fourth-order valence-corrected chi connectivity index (χ4v) is 3.31. The Kier molecular flexibility index (Phi) is 4.06. The lowest BCUT2D eigenvalue weighted by Crippen LogP contribution is -2.24. The summed E-state index contributed by atoms with van der Waals surface area (Å²) in [4.78, 5) is 0. The van der Waals surface area contributed by atoms with Crippen LogP contribution in [0.15, 0.2) is 60.9 Å². The van der Waals surface area contributed by atoms with Crippen molar-refractivity contribution >= 4 is 0 Å². The zero-order valence-corrected chi connectivity index (χ0v) is 14.7. The van der Waals surface area contributed by atoms with Crippen LogP contribution in [0.2, 0.25) is 0 Å². The summed E-state index contributed by atoms with van der Waals surface area (Å²) in [6.07, 6.45) is 4.72. The summed E-state index contributed by atoms with van der Waals surface area (Å²) in [5.41, 5.74) is 4.88. The molecule has 4 nitrogen and oxygen atoms in total. The summed E-state index contributed by atoms with van der Waals surface area (Å²) < 4.78 is 7.80. The monoisotopic (exact) mass is 333 g/mol. The number of hydrogen-bond donors (Lipinski definition) is 1. The molecule has 4 rings (SSSR count). The Labute approximate surface area is 148 Å². The van der Waals surface area contributed by atoms with Crippen LogP contribution in [-0.2, 0) is 19.5 Å². The van der Waals surface area contributed by atoms with E-state index in [0.29, 0.717) is 0 Å². The van der Waals surface area contributed by atoms with Crippen LogP contribution in [0, 0.1) is 0 Å². The van der Waals surface area contributed by atoms with Crippen LogP contribution in [-0.4, -0.2) is 15.4 Å². The molecule has 0 atom stereocenters. The minimum absolute atomic E-state index is 0.0787. The van der Waals surface area contributed by atoms with E-state index in [2.05, 4.69) is 66.7 Å². The number of ether oxygens (including phenoxy) is 1. The molecule has 0 radical (unpaired) electrons. The minimum Gasteiger partial charge on any atom is -0.487 e. The van der Waals surface area contributed by atoms with E-state index in [1.165, 1.54) is 16.7 Å². The number of aromatic nitrogens is 2. The van der Waals surface area contributed by atoms with Gasteiger partial charge in [-0.2, -0.15) is 5.10 Å². The van der Waals surface area contributed by atoms with Crippen LogP contribution < -0.4 is 10.1 Å². The van der Waals surface area contributed by atoms with Crippen molar-refractivity contribution in [2.75, 3.05) is 0 Å². The fraction of sp³-hybridized carbons (Fsp3) is 0.286. The molecule has 1 aliphatic rings. The lowest BCUT2D eigenvalue weighted by molar-refractivity contribution is 0.138. The van der Waals surface area contributed by atoms with Crippen molar-refractivity contribution in [3.05, 3.63) is 77.6 Å². The predicted octanol–water partition coefficient (Wildman–Crippen LogP) is 3.88. The van der Waals surface area contributed by atoms with Crippen LogP contribution >= 0.6 is 0 Å². The predicted molar refractivity (Wildman–Crippen MR) is 99.0 cm³/mol. The second-order valence-electron chi connectivity index (χ2n) is 7.20. The standard InChI is InChI=1S/C21H23N3O/c1-21(2)13-18-12-17(6-9-20(18)25-21)15-22-14-16-4-7-19(8-5-16)24-11-3-10-23-24/h3-12,22H,13-15H2,1-2H3. The summed E-state index contributed by atoms with van der Waals surface area (Å²) in [7, 11) is 0. The lowest BCUT2D eigenvalue weighted by Gasteiger charge is -2.16. The van der Waals surface area contributed by atoms with Gasteiger partial charge in [-0.1, -0.05) is 24.3 Å². The van der Waals surface area contributed by atoms with Crippen molar-refractivity contribution < 1.29 is 4.74 Å². The maximum atomic E-state index is 5.94. The zero-order valence-electron chi connectivity index (χ0n) is 14.7. The molecule has 2 aromatic carbocycles. The van der Waals surface area contributed by atoms with E-state index in [4.69, 9.17) is 4.74 Å². The highest BCUT2D eigenvalue weighted by Crippen LogP contribution is 2.35. The van der Waals surface area contributed by atoms with E-state index in [1.54, 1.807) is 6.20 Å². The Morgan fingerprint density at radius 2 is 1.84 bits per heavy atom. The average molecular weight is 333 g/mol. The molecule has 0 fully saturated rings. The molecule has 0 spiro atoms. The first-order valence-electron chi connectivity index (χ1n) is 8.70. The van der Waals surface area contributed by atoms with Crippen LogP contribution in [0.4, 0.5) is 0 Å². The van der Waals surface area contributed by atoms with Gasteiger partial charge in [-0.3, -0.25) is 0 Å². The summed E-state index contributed by atoms with van der Waals surface area (Å²) in [5.74, 6) is 1.03. The first-order valence-corrected chi connectivity index (χ1v) is 8.70. The molecule has 0 saturated heterocycles. The topological polar surface area (TPSA) is 39.1 Å². The van der Waals surface area contributed by atoms with Gasteiger partial charge >= 0.3 is 0 Å². The zero-order chi connectivity index (χ0) is 17.3. The Bertz CT molecular complexity index is 851. The molecular formula is C21H23N3O. The molecule has 128 valence electrons. The maximum absolute atomic E-state index is 5.94. The van der Waals surface area contributed by atoms with Crippen molar-refractivity contribution in [1.82, 2.24) is 15.1 Å². The summed E-state index contributed by atoms with van der Waals surface area (Å²) >= 11 is 0. The van der Waals surface area contributed by atoms with E-state index < -0.39 is 0 Å². The maximum Gasteiger partial charge on any atom is 0.123 e. The highest BCUT2D eigenvalue weighted by atomic mass is 16.5. The third-order valence-corrected chi connectivity index (χ3v) is 4.49. The number of rotatable bonds is 5. The van der Waals surface area contributed by atoms with E-state index in [9.17, 15) is 0 Å². The average Bonchev–Trinajstić information content (AvgIpc) is 3.21. The van der Waals surface area contributed by atoms with Gasteiger partial charge in [0.2, 0.25) is 0 Å². The Morgan fingerprint density at radius 1 is 1.08 bits per heavy atom. The van der Waals surface area contributed by atoms with Crippen molar-refractivity contribution in [2.45, 2.75) is 39.0 Å². The molecule has 3 aromatic rings. The second kappa shape index (κ2) is 6.37. The highest BCUT2D eigenvalue weighted by molar-refractivity contribution is 5.42. The third kappa shape index (κ3) is 3.59. The number of benzene rings is 2. The molecular weight excluding hydrogens is 310 g/mol. The molecule has 0 aliphatic carbocycles. The summed E-state index contributed by atoms with van der Waals surface area (Å²) in [6, 6.07) is 16.9. The molecule has 0 amide bonds. The molecule has 1 aliphatic heterocycles. The van der Waals surface area contributed by atoms with Crippen LogP contribution in [0.1, 0.15) is 30.5 Å². The highest BCUT2D eigenvalue weighted by Gasteiger charge is 2.29. The van der Waals surface area contributed by atoms with Gasteiger partial charge in [0.25, 0.3) is 0 Å². The van der Waals surface area contributed by atoms with Crippen LogP contribution in [0.3, 0.4) is 0 Å². The normalized spacial score (nSPS) is 15.0. The number of nitrogens with zero attached hydrogens (tertiary/aromatic N) is 2. The van der Waals surface area contributed by atoms with Crippen LogP contribution in [0.25, 0.3) is 5.69 Å². The van der Waals surface area contributed by atoms with E-state index in [0.717, 1.165) is 30.9 Å². The van der Waals surface area contributed by atoms with Gasteiger partial charge in [0, 0.05) is 31.9 Å². The van der Waals surface area contributed by atoms with Gasteiger partial charge in [-0.15, -0.1) is 0 Å². The fourth-order valence-electron chi connectivity index (χ4n) is 3.31. The first kappa shape index (κ1) is 15.9. The number of nitrogens with one attached hydrogen (secondary N) is 1. The van der Waals surface area contributed by atoms with Crippen molar-refractivity contribution in [2.24, 2.45) is 0 Å². The first-order chi connectivity index (χ1) is 12.1. The smallest absolute Gasteiger partial charge is 0.123 e. The summed E-state index contributed by atoms with van der Waals surface area (Å²) in [6.45, 7) is 5.97. The minimum atomic E-state index is -0.0787. The van der Waals surface area contributed by atoms with Gasteiger partial charge in [0.05, 0.1) is 5.69 Å². The third-order valence-electron chi connectivity index (χ3n) is 4.49. The largest absolute Gasteiger partial charge is 0.487 e. The molecule has 0 saturated carbocycles. The van der Waals surface area contributed by atoms with E-state index in [-0.39, 0.29) is 5.60 Å². The van der Waals surface area contributed by atoms with E-state index in [1.807, 2.05) is 16.9 Å². The van der Waals surface area contributed by atoms with Crippen LogP contribution in [0.5, 0.6) is 5.75 Å². The van der Waals surface area contributed by atoms with Crippen molar-refractivity contribution in [3.8, 4) is 11.4 Å².